The number of aryl methyl sites for hydroxylation is 1. The molecule has 1 unspecified atom stereocenters. The van der Waals surface area contributed by atoms with Gasteiger partial charge < -0.3 is 5.32 Å². The third-order valence-corrected chi connectivity index (χ3v) is 5.59. The minimum Gasteiger partial charge on any atom is -0.316 e. The van der Waals surface area contributed by atoms with E-state index in [1.807, 2.05) is 19.1 Å². The van der Waals surface area contributed by atoms with Gasteiger partial charge in [-0.1, -0.05) is 19.1 Å². The third kappa shape index (κ3) is 3.52. The first-order chi connectivity index (χ1) is 9.54. The molecule has 0 aliphatic heterocycles. The van der Waals surface area contributed by atoms with Crippen LogP contribution in [0.1, 0.15) is 37.8 Å². The van der Waals surface area contributed by atoms with Gasteiger partial charge in [-0.05, 0) is 56.3 Å². The van der Waals surface area contributed by atoms with Crippen molar-refractivity contribution < 1.29 is 8.42 Å². The van der Waals surface area contributed by atoms with Crippen molar-refractivity contribution >= 4 is 15.7 Å². The maximum absolute atomic E-state index is 12.3. The average molecular weight is 296 g/mol. The maximum Gasteiger partial charge on any atom is 0.236 e. The van der Waals surface area contributed by atoms with Crippen molar-refractivity contribution in [1.82, 2.24) is 5.32 Å². The molecule has 0 aromatic heterocycles. The molecule has 0 bridgehead atoms. The van der Waals surface area contributed by atoms with E-state index in [1.54, 1.807) is 6.92 Å². The highest BCUT2D eigenvalue weighted by Crippen LogP contribution is 2.28. The van der Waals surface area contributed by atoms with E-state index in [1.165, 1.54) is 17.5 Å². The number of nitrogens with one attached hydrogen (secondary N) is 2. The van der Waals surface area contributed by atoms with Crippen LogP contribution < -0.4 is 10.0 Å². The first-order valence-electron chi connectivity index (χ1n) is 7.37. The molecule has 5 heteroatoms. The van der Waals surface area contributed by atoms with Gasteiger partial charge >= 0.3 is 0 Å². The Labute approximate surface area is 122 Å². The summed E-state index contributed by atoms with van der Waals surface area (Å²) in [6.45, 7) is 4.96. The van der Waals surface area contributed by atoms with Gasteiger partial charge in [0.05, 0.1) is 10.9 Å². The third-order valence-electron chi connectivity index (χ3n) is 3.86. The van der Waals surface area contributed by atoms with Crippen molar-refractivity contribution in [2.75, 3.05) is 17.8 Å². The van der Waals surface area contributed by atoms with E-state index in [4.69, 9.17) is 0 Å². The van der Waals surface area contributed by atoms with Gasteiger partial charge in [0.2, 0.25) is 10.0 Å². The lowest BCUT2D eigenvalue weighted by molar-refractivity contribution is 0.579. The number of anilines is 1. The molecule has 0 spiro atoms. The topological polar surface area (TPSA) is 58.2 Å². The van der Waals surface area contributed by atoms with E-state index in [9.17, 15) is 8.42 Å². The van der Waals surface area contributed by atoms with Crippen molar-refractivity contribution in [1.29, 1.82) is 0 Å². The molecule has 20 heavy (non-hydrogen) atoms. The first kappa shape index (κ1) is 15.3. The lowest BCUT2D eigenvalue weighted by Gasteiger charge is -2.21. The van der Waals surface area contributed by atoms with Crippen LogP contribution in [0, 0.1) is 0 Å². The average Bonchev–Trinajstić information content (AvgIpc) is 2.44. The largest absolute Gasteiger partial charge is 0.316 e. The molecule has 4 nitrogen and oxygen atoms in total. The molecule has 2 rings (SSSR count). The number of benzene rings is 1. The van der Waals surface area contributed by atoms with Crippen LogP contribution in [0.3, 0.4) is 0 Å². The zero-order valence-electron chi connectivity index (χ0n) is 12.3. The number of sulfonamides is 1. The lowest BCUT2D eigenvalue weighted by atomic mass is 9.91. The zero-order chi connectivity index (χ0) is 14.6. The van der Waals surface area contributed by atoms with Gasteiger partial charge in [0.15, 0.2) is 0 Å². The summed E-state index contributed by atoms with van der Waals surface area (Å²) >= 11 is 0. The molecule has 0 saturated heterocycles. The van der Waals surface area contributed by atoms with Crippen LogP contribution in [0.2, 0.25) is 0 Å². The number of rotatable bonds is 6. The van der Waals surface area contributed by atoms with E-state index in [0.29, 0.717) is 6.54 Å². The van der Waals surface area contributed by atoms with E-state index in [2.05, 4.69) is 16.1 Å². The Bertz CT molecular complexity index is 555. The van der Waals surface area contributed by atoms with Gasteiger partial charge in [-0.3, -0.25) is 4.72 Å². The van der Waals surface area contributed by atoms with E-state index < -0.39 is 15.3 Å². The Morgan fingerprint density at radius 3 is 2.75 bits per heavy atom. The van der Waals surface area contributed by atoms with Gasteiger partial charge in [-0.25, -0.2) is 8.42 Å². The summed E-state index contributed by atoms with van der Waals surface area (Å²) in [5, 5.41) is 2.64. The second-order valence-corrected chi connectivity index (χ2v) is 7.51. The molecule has 1 aromatic rings. The predicted molar refractivity (Wildman–Crippen MR) is 83.6 cm³/mol. The van der Waals surface area contributed by atoms with Crippen LogP contribution in [0.25, 0.3) is 0 Å². The van der Waals surface area contributed by atoms with E-state index >= 15 is 0 Å². The molecular weight excluding hydrogens is 272 g/mol. The van der Waals surface area contributed by atoms with Crippen LogP contribution in [0.5, 0.6) is 0 Å². The summed E-state index contributed by atoms with van der Waals surface area (Å²) in [6, 6.07) is 5.92. The van der Waals surface area contributed by atoms with Gasteiger partial charge in [0.1, 0.15) is 0 Å². The fraction of sp³-hybridized carbons (Fsp3) is 0.600. The van der Waals surface area contributed by atoms with Crippen molar-refractivity contribution in [2.24, 2.45) is 0 Å². The summed E-state index contributed by atoms with van der Waals surface area (Å²) in [5.41, 5.74) is 3.24. The Hall–Kier alpha value is -1.07. The fourth-order valence-electron chi connectivity index (χ4n) is 2.59. The molecular formula is C15H24N2O2S. The monoisotopic (exact) mass is 296 g/mol. The molecule has 0 amide bonds. The number of fused-ring (bicyclic) bond motifs is 1. The summed E-state index contributed by atoms with van der Waals surface area (Å²) in [5.74, 6) is 0. The molecule has 1 aromatic carbocycles. The van der Waals surface area contributed by atoms with Crippen molar-refractivity contribution in [3.63, 3.8) is 0 Å². The quantitative estimate of drug-likeness (QED) is 0.847. The van der Waals surface area contributed by atoms with E-state index in [-0.39, 0.29) is 0 Å². The van der Waals surface area contributed by atoms with Gasteiger partial charge in [0.25, 0.3) is 0 Å². The van der Waals surface area contributed by atoms with Crippen molar-refractivity contribution in [2.45, 2.75) is 44.8 Å². The smallest absolute Gasteiger partial charge is 0.236 e. The van der Waals surface area contributed by atoms with Crippen LogP contribution >= 0.6 is 0 Å². The van der Waals surface area contributed by atoms with Crippen LogP contribution in [0.15, 0.2) is 18.2 Å². The Morgan fingerprint density at radius 1 is 1.25 bits per heavy atom. The van der Waals surface area contributed by atoms with Crippen LogP contribution in [-0.4, -0.2) is 26.8 Å². The molecule has 1 aliphatic rings. The number of hydrogen-bond donors (Lipinski definition) is 2. The van der Waals surface area contributed by atoms with Crippen LogP contribution in [0.4, 0.5) is 5.69 Å². The predicted octanol–water partition coefficient (Wildman–Crippen LogP) is 2.31. The molecule has 2 N–H and O–H groups in total. The normalized spacial score (nSPS) is 16.5. The molecule has 112 valence electrons. The molecule has 0 fully saturated rings. The standard InChI is InChI=1S/C15H24N2O2S/c1-3-16-11-12(2)20(18,19)17-15-10-6-8-13-7-4-5-9-14(13)15/h6,8,10,12,16-17H,3-5,7,9,11H2,1-2H3. The second kappa shape index (κ2) is 6.59. The van der Waals surface area contributed by atoms with Gasteiger partial charge in [-0.2, -0.15) is 0 Å². The highest BCUT2D eigenvalue weighted by atomic mass is 32.2. The Kier molecular flexibility index (Phi) is 5.05. The molecule has 0 radical (unpaired) electrons. The molecule has 0 saturated carbocycles. The van der Waals surface area contributed by atoms with Crippen LogP contribution in [-0.2, 0) is 22.9 Å². The van der Waals surface area contributed by atoms with Crippen molar-refractivity contribution in [3.05, 3.63) is 29.3 Å². The van der Waals surface area contributed by atoms with Gasteiger partial charge in [-0.15, -0.1) is 0 Å². The van der Waals surface area contributed by atoms with Gasteiger partial charge in [0, 0.05) is 6.54 Å². The second-order valence-electron chi connectivity index (χ2n) is 5.42. The minimum absolute atomic E-state index is 0.443. The lowest BCUT2D eigenvalue weighted by Crippen LogP contribution is -2.35. The summed E-state index contributed by atoms with van der Waals surface area (Å²) < 4.78 is 27.5. The van der Waals surface area contributed by atoms with E-state index in [0.717, 1.165) is 31.5 Å². The first-order valence-corrected chi connectivity index (χ1v) is 8.92. The summed E-state index contributed by atoms with van der Waals surface area (Å²) in [7, 11) is -3.33. The zero-order valence-corrected chi connectivity index (χ0v) is 13.1. The summed E-state index contributed by atoms with van der Waals surface area (Å²) in [6.07, 6.45) is 4.35. The minimum atomic E-state index is -3.33. The fourth-order valence-corrected chi connectivity index (χ4v) is 3.62. The maximum atomic E-state index is 12.3. The molecule has 0 heterocycles. The summed E-state index contributed by atoms with van der Waals surface area (Å²) in [4.78, 5) is 0. The number of hydrogen-bond acceptors (Lipinski definition) is 3. The van der Waals surface area contributed by atoms with Crippen molar-refractivity contribution in [3.8, 4) is 0 Å². The Morgan fingerprint density at radius 2 is 2.00 bits per heavy atom. The Balaban J connectivity index is 2.17. The highest BCUT2D eigenvalue weighted by molar-refractivity contribution is 7.93. The molecule has 1 aliphatic carbocycles. The highest BCUT2D eigenvalue weighted by Gasteiger charge is 2.22. The molecule has 1 atom stereocenters. The SMILES string of the molecule is CCNCC(C)S(=O)(=O)Nc1cccc2c1CCCC2.